The van der Waals surface area contributed by atoms with Gasteiger partial charge in [0.1, 0.15) is 5.54 Å². The van der Waals surface area contributed by atoms with Gasteiger partial charge in [0.25, 0.3) is 5.91 Å². The molecule has 1 aromatic heterocycles. The summed E-state index contributed by atoms with van der Waals surface area (Å²) in [5.41, 5.74) is -1.30. The Morgan fingerprint density at radius 1 is 1.11 bits per heavy atom. The zero-order valence-electron chi connectivity index (χ0n) is 20.2. The number of benzene rings is 1. The van der Waals surface area contributed by atoms with Crippen molar-refractivity contribution < 1.29 is 28.7 Å². The Morgan fingerprint density at radius 3 is 2.54 bits per heavy atom. The van der Waals surface area contributed by atoms with Crippen molar-refractivity contribution in [2.45, 2.75) is 46.2 Å². The first-order valence-electron chi connectivity index (χ1n) is 11.4. The molecule has 0 aliphatic carbocycles. The Balaban J connectivity index is 1.44. The molecule has 2 aliphatic heterocycles. The van der Waals surface area contributed by atoms with Crippen molar-refractivity contribution in [3.05, 3.63) is 45.6 Å². The summed E-state index contributed by atoms with van der Waals surface area (Å²) in [6.07, 6.45) is 0.750. The number of thiophene rings is 1. The fourth-order valence-corrected chi connectivity index (χ4v) is 4.66. The molecule has 0 saturated carbocycles. The van der Waals surface area contributed by atoms with Crippen LogP contribution in [-0.4, -0.2) is 48.3 Å². The van der Waals surface area contributed by atoms with Crippen molar-refractivity contribution in [2.24, 2.45) is 5.41 Å². The zero-order valence-corrected chi connectivity index (χ0v) is 21.0. The predicted octanol–water partition coefficient (Wildman–Crippen LogP) is 3.22. The number of hydrogen-bond acceptors (Lipinski definition) is 7. The number of rotatable bonds is 6. The van der Waals surface area contributed by atoms with Gasteiger partial charge in [-0.15, -0.1) is 11.3 Å². The number of ether oxygens (including phenoxy) is 2. The van der Waals surface area contributed by atoms with E-state index < -0.39 is 22.9 Å². The Hall–Kier alpha value is -3.40. The summed E-state index contributed by atoms with van der Waals surface area (Å²) in [6, 6.07) is 7.91. The Kier molecular flexibility index (Phi) is 6.59. The van der Waals surface area contributed by atoms with E-state index >= 15 is 0 Å². The minimum Gasteiger partial charge on any atom is -0.490 e. The van der Waals surface area contributed by atoms with E-state index in [9.17, 15) is 19.2 Å². The van der Waals surface area contributed by atoms with Crippen molar-refractivity contribution in [3.8, 4) is 11.5 Å². The standard InChI is InChI=1S/C25H29N3O6S/c1-24(2,3)21(30)26-13-16-7-9-20(35-16)17(29)14-28-22(31)25(4,27-23(28)32)15-6-8-18-19(12-15)34-11-5-10-33-18/h6-9,12H,5,10-11,13-14H2,1-4H3,(H,26,30)(H,27,32)/t25-/m0/s1. The van der Waals surface area contributed by atoms with Crippen molar-refractivity contribution in [2.75, 3.05) is 19.8 Å². The van der Waals surface area contributed by atoms with Crippen molar-refractivity contribution in [1.82, 2.24) is 15.5 Å². The average molecular weight is 500 g/mol. The first-order valence-corrected chi connectivity index (χ1v) is 12.2. The summed E-state index contributed by atoms with van der Waals surface area (Å²) in [6.45, 7) is 8.05. The summed E-state index contributed by atoms with van der Waals surface area (Å²) in [4.78, 5) is 53.1. The van der Waals surface area contributed by atoms with Crippen LogP contribution < -0.4 is 20.1 Å². The minimum atomic E-state index is -1.33. The highest BCUT2D eigenvalue weighted by Gasteiger charge is 2.49. The maximum Gasteiger partial charge on any atom is 0.325 e. The van der Waals surface area contributed by atoms with Crippen LogP contribution in [-0.2, 0) is 21.7 Å². The molecule has 3 heterocycles. The normalized spacial score (nSPS) is 19.8. The minimum absolute atomic E-state index is 0.0906. The van der Waals surface area contributed by atoms with Crippen LogP contribution in [0.2, 0.25) is 0 Å². The van der Waals surface area contributed by atoms with E-state index in [4.69, 9.17) is 9.47 Å². The van der Waals surface area contributed by atoms with Gasteiger partial charge < -0.3 is 20.1 Å². The molecule has 1 aromatic carbocycles. The lowest BCUT2D eigenvalue weighted by Gasteiger charge is -2.23. The predicted molar refractivity (Wildman–Crippen MR) is 130 cm³/mol. The van der Waals surface area contributed by atoms with Crippen LogP contribution in [0.1, 0.15) is 54.2 Å². The van der Waals surface area contributed by atoms with E-state index in [-0.39, 0.29) is 18.2 Å². The number of nitrogens with one attached hydrogen (secondary N) is 2. The van der Waals surface area contributed by atoms with E-state index in [0.717, 1.165) is 16.2 Å². The molecule has 0 spiro atoms. The van der Waals surface area contributed by atoms with Crippen molar-refractivity contribution >= 4 is 35.0 Å². The molecule has 0 bridgehead atoms. The van der Waals surface area contributed by atoms with Crippen LogP contribution >= 0.6 is 11.3 Å². The molecule has 1 fully saturated rings. The quantitative estimate of drug-likeness (QED) is 0.466. The van der Waals surface area contributed by atoms with Gasteiger partial charge in [0.05, 0.1) is 31.2 Å². The number of urea groups is 1. The fourth-order valence-electron chi connectivity index (χ4n) is 3.79. The fraction of sp³-hybridized carbons (Fsp3) is 0.440. The number of carbonyl (C=O) groups is 4. The van der Waals surface area contributed by atoms with Crippen LogP contribution in [0.5, 0.6) is 11.5 Å². The van der Waals surface area contributed by atoms with E-state index in [2.05, 4.69) is 10.6 Å². The molecule has 4 amide bonds. The van der Waals surface area contributed by atoms with Crippen LogP contribution in [0.15, 0.2) is 30.3 Å². The number of fused-ring (bicyclic) bond motifs is 1. The molecule has 4 rings (SSSR count). The highest BCUT2D eigenvalue weighted by molar-refractivity contribution is 7.14. The van der Waals surface area contributed by atoms with E-state index in [0.29, 0.717) is 41.7 Å². The first-order chi connectivity index (χ1) is 16.5. The number of ketones is 1. The number of hydrogen-bond donors (Lipinski definition) is 2. The maximum absolute atomic E-state index is 13.3. The molecule has 0 unspecified atom stereocenters. The molecule has 1 saturated heterocycles. The van der Waals surface area contributed by atoms with Crippen LogP contribution in [0.25, 0.3) is 0 Å². The second kappa shape index (κ2) is 9.33. The number of Topliss-reactive ketones (excluding diaryl/α,β-unsaturated/α-hetero) is 1. The van der Waals surface area contributed by atoms with Gasteiger partial charge in [-0.25, -0.2) is 4.79 Å². The van der Waals surface area contributed by atoms with Gasteiger partial charge in [0.15, 0.2) is 17.3 Å². The van der Waals surface area contributed by atoms with Gasteiger partial charge in [0, 0.05) is 16.7 Å². The maximum atomic E-state index is 13.3. The average Bonchev–Trinajstić information content (AvgIpc) is 3.26. The van der Waals surface area contributed by atoms with Crippen LogP contribution in [0, 0.1) is 5.41 Å². The molecular formula is C25H29N3O6S. The second-order valence-corrected chi connectivity index (χ2v) is 10.9. The molecule has 186 valence electrons. The van der Waals surface area contributed by atoms with Crippen LogP contribution in [0.3, 0.4) is 0 Å². The number of carbonyl (C=O) groups excluding carboxylic acids is 4. The Labute approximate surface area is 207 Å². The van der Waals surface area contributed by atoms with Gasteiger partial charge in [-0.2, -0.15) is 0 Å². The monoisotopic (exact) mass is 499 g/mol. The summed E-state index contributed by atoms with van der Waals surface area (Å²) in [5.74, 6) is 0.148. The third-order valence-corrected chi connectivity index (χ3v) is 7.07. The lowest BCUT2D eigenvalue weighted by molar-refractivity contribution is -0.131. The van der Waals surface area contributed by atoms with Gasteiger partial charge in [-0.1, -0.05) is 26.8 Å². The number of nitrogens with zero attached hydrogens (tertiary/aromatic N) is 1. The van der Waals surface area contributed by atoms with Crippen LogP contribution in [0.4, 0.5) is 4.79 Å². The Morgan fingerprint density at radius 2 is 1.83 bits per heavy atom. The summed E-state index contributed by atoms with van der Waals surface area (Å²) < 4.78 is 11.4. The molecule has 9 nitrogen and oxygen atoms in total. The third kappa shape index (κ3) is 5.02. The number of imide groups is 1. The van der Waals surface area contributed by atoms with Gasteiger partial charge in [-0.05, 0) is 36.8 Å². The summed E-state index contributed by atoms with van der Waals surface area (Å²) in [7, 11) is 0. The molecule has 2 aromatic rings. The molecule has 2 N–H and O–H groups in total. The molecule has 10 heteroatoms. The SMILES string of the molecule is CC(C)(C)C(=O)NCc1ccc(C(=O)CN2C(=O)N[C@@](C)(c3ccc4c(c3)OCCCO4)C2=O)s1. The largest absolute Gasteiger partial charge is 0.490 e. The topological polar surface area (TPSA) is 114 Å². The lowest BCUT2D eigenvalue weighted by Crippen LogP contribution is -2.41. The van der Waals surface area contributed by atoms with Crippen molar-refractivity contribution in [1.29, 1.82) is 0 Å². The summed E-state index contributed by atoms with van der Waals surface area (Å²) in [5, 5.41) is 5.57. The molecule has 2 aliphatic rings. The van der Waals surface area contributed by atoms with E-state index in [1.165, 1.54) is 11.3 Å². The molecular weight excluding hydrogens is 470 g/mol. The van der Waals surface area contributed by atoms with Gasteiger partial charge in [-0.3, -0.25) is 19.3 Å². The highest BCUT2D eigenvalue weighted by Crippen LogP contribution is 2.36. The van der Waals surface area contributed by atoms with Gasteiger partial charge in [0.2, 0.25) is 5.91 Å². The van der Waals surface area contributed by atoms with Gasteiger partial charge >= 0.3 is 6.03 Å². The van der Waals surface area contributed by atoms with Crippen molar-refractivity contribution in [3.63, 3.8) is 0 Å². The lowest BCUT2D eigenvalue weighted by atomic mass is 9.91. The second-order valence-electron chi connectivity index (χ2n) is 9.78. The third-order valence-electron chi connectivity index (χ3n) is 5.94. The van der Waals surface area contributed by atoms with E-state index in [1.54, 1.807) is 37.3 Å². The highest BCUT2D eigenvalue weighted by atomic mass is 32.1. The molecule has 1 atom stereocenters. The molecule has 0 radical (unpaired) electrons. The van der Waals surface area contributed by atoms with E-state index in [1.807, 2.05) is 20.8 Å². The summed E-state index contributed by atoms with van der Waals surface area (Å²) >= 11 is 1.23. The molecule has 35 heavy (non-hydrogen) atoms. The Bertz CT molecular complexity index is 1180. The zero-order chi connectivity index (χ0) is 25.4. The first kappa shape index (κ1) is 24.7. The smallest absolute Gasteiger partial charge is 0.325 e. The number of amides is 4.